The molecule has 216 valence electrons. The summed E-state index contributed by atoms with van der Waals surface area (Å²) in [4.78, 5) is 54.8. The number of nitrogens with one attached hydrogen (secondary N) is 3. The summed E-state index contributed by atoms with van der Waals surface area (Å²) in [6.07, 6.45) is 0.483. The van der Waals surface area contributed by atoms with E-state index in [2.05, 4.69) is 20.9 Å². The van der Waals surface area contributed by atoms with Crippen LogP contribution in [-0.2, 0) is 32.0 Å². The van der Waals surface area contributed by atoms with Gasteiger partial charge in [0.15, 0.2) is 5.96 Å². The second-order valence-electron chi connectivity index (χ2n) is 9.14. The lowest BCUT2D eigenvalue weighted by Gasteiger charge is -2.25. The van der Waals surface area contributed by atoms with Crippen molar-refractivity contribution >= 4 is 29.7 Å². The van der Waals surface area contributed by atoms with Gasteiger partial charge in [-0.25, -0.2) is 4.79 Å². The van der Waals surface area contributed by atoms with Gasteiger partial charge in [-0.05, 0) is 24.0 Å². The van der Waals surface area contributed by atoms with Gasteiger partial charge < -0.3 is 43.4 Å². The first-order valence-corrected chi connectivity index (χ1v) is 12.7. The fourth-order valence-corrected chi connectivity index (χ4v) is 3.79. The van der Waals surface area contributed by atoms with Crippen molar-refractivity contribution in [1.29, 1.82) is 0 Å². The van der Waals surface area contributed by atoms with Crippen LogP contribution in [0.4, 0.5) is 0 Å². The molecule has 13 nitrogen and oxygen atoms in total. The summed E-state index contributed by atoms with van der Waals surface area (Å²) < 4.78 is 0. The number of nitrogens with two attached hydrogens (primary N) is 3. The normalized spacial score (nSPS) is 13.7. The molecule has 0 unspecified atom stereocenters. The number of aliphatic hydroxyl groups excluding tert-OH is 1. The van der Waals surface area contributed by atoms with Crippen molar-refractivity contribution < 1.29 is 29.4 Å². The van der Waals surface area contributed by atoms with E-state index in [1.165, 1.54) is 0 Å². The Morgan fingerprint density at radius 2 is 1.20 bits per heavy atom. The largest absolute Gasteiger partial charge is 0.480 e. The van der Waals surface area contributed by atoms with Crippen molar-refractivity contribution in [2.45, 2.75) is 49.9 Å². The van der Waals surface area contributed by atoms with Crippen LogP contribution < -0.4 is 33.2 Å². The van der Waals surface area contributed by atoms with Crippen LogP contribution in [0.25, 0.3) is 0 Å². The maximum Gasteiger partial charge on any atom is 0.326 e. The van der Waals surface area contributed by atoms with Crippen molar-refractivity contribution in [2.75, 3.05) is 13.2 Å². The van der Waals surface area contributed by atoms with Gasteiger partial charge in [0, 0.05) is 19.4 Å². The standard InChI is InChI=1S/C27H37N7O6/c28-19(16-35)23(36)33-21(14-17-8-3-1-4-9-17)25(38)34-22(15-18-10-5-2-6-11-18)24(37)32-20(26(39)40)12-7-13-31-27(29)30/h1-6,8-11,19-22,35H,7,12-16,28H2,(H,32,37)(H,33,36)(H,34,38)(H,39,40)(H4,29,30,31)/t19-,20-,21+,22-/m0/s1. The summed E-state index contributed by atoms with van der Waals surface area (Å²) in [5.74, 6) is -3.52. The van der Waals surface area contributed by atoms with E-state index in [1.54, 1.807) is 60.7 Å². The lowest BCUT2D eigenvalue weighted by molar-refractivity contribution is -0.142. The first-order valence-electron chi connectivity index (χ1n) is 12.7. The molecule has 13 heteroatoms. The number of guanidine groups is 1. The van der Waals surface area contributed by atoms with Crippen LogP contribution in [0.15, 0.2) is 65.7 Å². The third-order valence-corrected chi connectivity index (χ3v) is 5.92. The molecule has 0 heterocycles. The highest BCUT2D eigenvalue weighted by Gasteiger charge is 2.30. The highest BCUT2D eigenvalue weighted by molar-refractivity contribution is 5.94. The third-order valence-electron chi connectivity index (χ3n) is 5.92. The molecule has 0 fully saturated rings. The number of carbonyl (C=O) groups excluding carboxylic acids is 3. The fourth-order valence-electron chi connectivity index (χ4n) is 3.79. The Morgan fingerprint density at radius 1 is 0.750 bits per heavy atom. The number of aliphatic imine (C=N–C) groups is 1. The number of nitrogens with zero attached hydrogens (tertiary/aromatic N) is 1. The number of hydrogen-bond donors (Lipinski definition) is 8. The lowest BCUT2D eigenvalue weighted by Crippen LogP contribution is -2.58. The Kier molecular flexibility index (Phi) is 13.1. The molecule has 0 bridgehead atoms. The highest BCUT2D eigenvalue weighted by atomic mass is 16.4. The van der Waals surface area contributed by atoms with E-state index >= 15 is 0 Å². The van der Waals surface area contributed by atoms with Crippen molar-refractivity contribution in [3.8, 4) is 0 Å². The van der Waals surface area contributed by atoms with Crippen LogP contribution in [0.2, 0.25) is 0 Å². The van der Waals surface area contributed by atoms with Gasteiger partial charge in [-0.2, -0.15) is 0 Å². The van der Waals surface area contributed by atoms with Crippen LogP contribution >= 0.6 is 0 Å². The van der Waals surface area contributed by atoms with Gasteiger partial charge in [0.2, 0.25) is 17.7 Å². The van der Waals surface area contributed by atoms with Crippen LogP contribution in [0.1, 0.15) is 24.0 Å². The average molecular weight is 556 g/mol. The Hall–Kier alpha value is -4.49. The molecule has 0 aromatic heterocycles. The Bertz CT molecular complexity index is 1140. The summed E-state index contributed by atoms with van der Waals surface area (Å²) in [5, 5.41) is 26.6. The fraction of sp³-hybridized carbons (Fsp3) is 0.370. The van der Waals surface area contributed by atoms with E-state index in [1.807, 2.05) is 0 Å². The number of carbonyl (C=O) groups is 4. The Balaban J connectivity index is 2.25. The second-order valence-corrected chi connectivity index (χ2v) is 9.14. The zero-order valence-electron chi connectivity index (χ0n) is 22.0. The van der Waals surface area contributed by atoms with E-state index < -0.39 is 54.5 Å². The molecule has 4 atom stereocenters. The molecule has 0 aliphatic carbocycles. The van der Waals surface area contributed by atoms with Crippen LogP contribution in [-0.4, -0.2) is 77.2 Å². The minimum atomic E-state index is -1.25. The molecule has 40 heavy (non-hydrogen) atoms. The topological polar surface area (TPSA) is 235 Å². The van der Waals surface area contributed by atoms with E-state index in [9.17, 15) is 29.4 Å². The number of carboxylic acid groups (broad SMARTS) is 1. The van der Waals surface area contributed by atoms with Gasteiger partial charge >= 0.3 is 5.97 Å². The maximum absolute atomic E-state index is 13.4. The molecule has 2 aromatic carbocycles. The molecule has 0 saturated carbocycles. The maximum atomic E-state index is 13.4. The number of amides is 3. The SMILES string of the molecule is NC(N)=NCCC[C@H](NC(=O)[C@H](Cc1ccccc1)NC(=O)[C@@H](Cc1ccccc1)NC(=O)[C@@H](N)CO)C(=O)O. The summed E-state index contributed by atoms with van der Waals surface area (Å²) >= 11 is 0. The van der Waals surface area contributed by atoms with Crippen molar-refractivity contribution in [3.63, 3.8) is 0 Å². The van der Waals surface area contributed by atoms with Gasteiger partial charge in [-0.15, -0.1) is 0 Å². The molecule has 0 saturated heterocycles. The van der Waals surface area contributed by atoms with Gasteiger partial charge in [0.1, 0.15) is 24.2 Å². The third kappa shape index (κ3) is 11.1. The zero-order valence-corrected chi connectivity index (χ0v) is 22.0. The predicted molar refractivity (Wildman–Crippen MR) is 149 cm³/mol. The molecule has 0 aliphatic rings. The van der Waals surface area contributed by atoms with E-state index in [0.717, 1.165) is 5.56 Å². The van der Waals surface area contributed by atoms with Crippen LogP contribution in [0.3, 0.4) is 0 Å². The monoisotopic (exact) mass is 555 g/mol. The van der Waals surface area contributed by atoms with Crippen molar-refractivity contribution in [1.82, 2.24) is 16.0 Å². The summed E-state index contributed by atoms with van der Waals surface area (Å²) in [5.41, 5.74) is 17.7. The molecular weight excluding hydrogens is 518 g/mol. The van der Waals surface area contributed by atoms with Gasteiger partial charge in [-0.3, -0.25) is 19.4 Å². The Morgan fingerprint density at radius 3 is 1.62 bits per heavy atom. The molecule has 2 rings (SSSR count). The summed E-state index contributed by atoms with van der Waals surface area (Å²) in [6, 6.07) is 13.0. The van der Waals surface area contributed by atoms with E-state index in [-0.39, 0.29) is 31.8 Å². The average Bonchev–Trinajstić information content (AvgIpc) is 2.94. The predicted octanol–water partition coefficient (Wildman–Crippen LogP) is -1.62. The number of hydrogen-bond acceptors (Lipinski definition) is 7. The molecule has 3 amide bonds. The summed E-state index contributed by atoms with van der Waals surface area (Å²) in [6.45, 7) is -0.437. The smallest absolute Gasteiger partial charge is 0.326 e. The number of carboxylic acids is 1. The molecule has 11 N–H and O–H groups in total. The van der Waals surface area contributed by atoms with Crippen LogP contribution in [0.5, 0.6) is 0 Å². The minimum absolute atomic E-state index is 0.0512. The molecule has 0 aliphatic heterocycles. The van der Waals surface area contributed by atoms with E-state index in [0.29, 0.717) is 12.0 Å². The first kappa shape index (κ1) is 31.7. The van der Waals surface area contributed by atoms with Crippen molar-refractivity contribution in [3.05, 3.63) is 71.8 Å². The molecule has 0 radical (unpaired) electrons. The first-order chi connectivity index (χ1) is 19.1. The zero-order chi connectivity index (χ0) is 29.5. The van der Waals surface area contributed by atoms with E-state index in [4.69, 9.17) is 17.2 Å². The minimum Gasteiger partial charge on any atom is -0.480 e. The Labute approximate surface area is 232 Å². The number of rotatable bonds is 16. The molecular formula is C27H37N7O6. The van der Waals surface area contributed by atoms with Gasteiger partial charge in [0.25, 0.3) is 0 Å². The second kappa shape index (κ2) is 16.5. The number of aliphatic carboxylic acids is 1. The highest BCUT2D eigenvalue weighted by Crippen LogP contribution is 2.08. The quantitative estimate of drug-likeness (QED) is 0.0674. The summed E-state index contributed by atoms with van der Waals surface area (Å²) in [7, 11) is 0. The van der Waals surface area contributed by atoms with Crippen molar-refractivity contribution in [2.24, 2.45) is 22.2 Å². The van der Waals surface area contributed by atoms with Gasteiger partial charge in [0.05, 0.1) is 6.61 Å². The van der Waals surface area contributed by atoms with Crippen LogP contribution in [0, 0.1) is 0 Å². The van der Waals surface area contributed by atoms with Gasteiger partial charge in [-0.1, -0.05) is 60.7 Å². The number of benzene rings is 2. The lowest BCUT2D eigenvalue weighted by atomic mass is 10.0. The molecule has 2 aromatic rings. The number of aliphatic hydroxyl groups is 1. The molecule has 0 spiro atoms.